The number of hydrogen-bond donors (Lipinski definition) is 1. The lowest BCUT2D eigenvalue weighted by Gasteiger charge is -2.26. The summed E-state index contributed by atoms with van der Waals surface area (Å²) < 4.78 is 5.69. The minimum Gasteiger partial charge on any atom is -0.451 e. The summed E-state index contributed by atoms with van der Waals surface area (Å²) in [7, 11) is 0. The maximum absolute atomic E-state index is 12.3. The fraction of sp³-hybridized carbons (Fsp3) is 0.421. The SMILES string of the molecule is CC[C@H](CNC(=O)c1ccc(-c2ccc(Cl)cc2)o1)N1CCCC1. The average molecular weight is 347 g/mol. The zero-order valence-electron chi connectivity index (χ0n) is 13.9. The quantitative estimate of drug-likeness (QED) is 0.852. The molecule has 0 unspecified atom stereocenters. The van der Waals surface area contributed by atoms with Gasteiger partial charge in [-0.3, -0.25) is 9.69 Å². The van der Waals surface area contributed by atoms with Crippen LogP contribution in [0.3, 0.4) is 0 Å². The molecule has 1 saturated heterocycles. The first-order valence-corrected chi connectivity index (χ1v) is 8.93. The minimum absolute atomic E-state index is 0.159. The van der Waals surface area contributed by atoms with Gasteiger partial charge in [0.1, 0.15) is 5.76 Å². The van der Waals surface area contributed by atoms with Gasteiger partial charge in [-0.05, 0) is 68.8 Å². The van der Waals surface area contributed by atoms with Crippen molar-refractivity contribution >= 4 is 17.5 Å². The van der Waals surface area contributed by atoms with Crippen LogP contribution in [-0.2, 0) is 0 Å². The molecule has 1 fully saturated rings. The molecule has 0 aliphatic carbocycles. The number of furan rings is 1. The van der Waals surface area contributed by atoms with Crippen molar-refractivity contribution in [3.05, 3.63) is 47.2 Å². The van der Waals surface area contributed by atoms with Crippen molar-refractivity contribution in [3.63, 3.8) is 0 Å². The zero-order valence-corrected chi connectivity index (χ0v) is 14.7. The van der Waals surface area contributed by atoms with E-state index in [-0.39, 0.29) is 5.91 Å². The van der Waals surface area contributed by atoms with Gasteiger partial charge in [-0.2, -0.15) is 0 Å². The van der Waals surface area contributed by atoms with Crippen molar-refractivity contribution < 1.29 is 9.21 Å². The smallest absolute Gasteiger partial charge is 0.287 e. The molecule has 0 bridgehead atoms. The number of halogens is 1. The summed E-state index contributed by atoms with van der Waals surface area (Å²) in [5, 5.41) is 3.68. The lowest BCUT2D eigenvalue weighted by atomic mass is 10.2. The first-order chi connectivity index (χ1) is 11.7. The number of nitrogens with one attached hydrogen (secondary N) is 1. The molecule has 0 spiro atoms. The number of amides is 1. The monoisotopic (exact) mass is 346 g/mol. The molecule has 0 saturated carbocycles. The second-order valence-electron chi connectivity index (χ2n) is 6.19. The van der Waals surface area contributed by atoms with Crippen molar-refractivity contribution in [2.45, 2.75) is 32.2 Å². The maximum atomic E-state index is 12.3. The highest BCUT2D eigenvalue weighted by Gasteiger charge is 2.21. The molecule has 2 aromatic rings. The van der Waals surface area contributed by atoms with E-state index in [2.05, 4.69) is 17.1 Å². The maximum Gasteiger partial charge on any atom is 0.287 e. The lowest BCUT2D eigenvalue weighted by Crippen LogP contribution is -2.42. The van der Waals surface area contributed by atoms with Crippen LogP contribution >= 0.6 is 11.6 Å². The summed E-state index contributed by atoms with van der Waals surface area (Å²) in [6.45, 7) is 5.10. The van der Waals surface area contributed by atoms with E-state index >= 15 is 0 Å². The first kappa shape index (κ1) is 17.1. The van der Waals surface area contributed by atoms with E-state index < -0.39 is 0 Å². The number of rotatable bonds is 6. The predicted octanol–water partition coefficient (Wildman–Crippen LogP) is 4.20. The summed E-state index contributed by atoms with van der Waals surface area (Å²) in [6, 6.07) is 11.3. The van der Waals surface area contributed by atoms with Gasteiger partial charge in [-0.1, -0.05) is 18.5 Å². The molecule has 1 aliphatic rings. The largest absolute Gasteiger partial charge is 0.451 e. The Hall–Kier alpha value is -1.78. The molecule has 0 radical (unpaired) electrons. The molecule has 24 heavy (non-hydrogen) atoms. The van der Waals surface area contributed by atoms with Crippen molar-refractivity contribution in [1.82, 2.24) is 10.2 Å². The summed E-state index contributed by atoms with van der Waals surface area (Å²) in [5.74, 6) is 0.854. The van der Waals surface area contributed by atoms with Crippen LogP contribution in [0.2, 0.25) is 5.02 Å². The highest BCUT2D eigenvalue weighted by Crippen LogP contribution is 2.24. The Bertz CT molecular complexity index is 675. The number of nitrogens with zero attached hydrogens (tertiary/aromatic N) is 1. The van der Waals surface area contributed by atoms with Crippen LogP contribution in [0.4, 0.5) is 0 Å². The van der Waals surface area contributed by atoms with Crippen molar-refractivity contribution in [3.8, 4) is 11.3 Å². The van der Waals surface area contributed by atoms with Crippen LogP contribution in [0.5, 0.6) is 0 Å². The molecule has 1 aromatic heterocycles. The van der Waals surface area contributed by atoms with Crippen LogP contribution in [-0.4, -0.2) is 36.5 Å². The lowest BCUT2D eigenvalue weighted by molar-refractivity contribution is 0.0910. The number of carbonyl (C=O) groups is 1. The normalized spacial score (nSPS) is 16.2. The molecule has 1 aromatic carbocycles. The molecule has 1 atom stereocenters. The van der Waals surface area contributed by atoms with Gasteiger partial charge in [0, 0.05) is 23.2 Å². The molecular weight excluding hydrogens is 324 g/mol. The Labute approximate surface area is 147 Å². The average Bonchev–Trinajstić information content (AvgIpc) is 3.28. The molecule has 1 aliphatic heterocycles. The molecular formula is C19H23ClN2O2. The molecule has 2 heterocycles. The van der Waals surface area contributed by atoms with Gasteiger partial charge in [0.25, 0.3) is 5.91 Å². The van der Waals surface area contributed by atoms with Gasteiger partial charge < -0.3 is 9.73 Å². The second-order valence-corrected chi connectivity index (χ2v) is 6.62. The van der Waals surface area contributed by atoms with Crippen LogP contribution in [0.1, 0.15) is 36.7 Å². The van der Waals surface area contributed by atoms with Crippen LogP contribution in [0, 0.1) is 0 Å². The van der Waals surface area contributed by atoms with E-state index in [0.29, 0.717) is 29.1 Å². The van der Waals surface area contributed by atoms with Crippen LogP contribution < -0.4 is 5.32 Å². The van der Waals surface area contributed by atoms with E-state index in [1.54, 1.807) is 18.2 Å². The molecule has 3 rings (SSSR count). The second kappa shape index (κ2) is 7.86. The Balaban J connectivity index is 1.60. The molecule has 1 N–H and O–H groups in total. The fourth-order valence-electron chi connectivity index (χ4n) is 3.17. The summed E-state index contributed by atoms with van der Waals surface area (Å²) >= 11 is 5.89. The summed E-state index contributed by atoms with van der Waals surface area (Å²) in [4.78, 5) is 14.8. The van der Waals surface area contributed by atoms with E-state index in [1.165, 1.54) is 12.8 Å². The number of benzene rings is 1. The third-order valence-corrected chi connectivity index (χ3v) is 4.84. The zero-order chi connectivity index (χ0) is 16.9. The Morgan fingerprint density at radius 1 is 1.21 bits per heavy atom. The number of carbonyl (C=O) groups excluding carboxylic acids is 1. The van der Waals surface area contributed by atoms with E-state index in [0.717, 1.165) is 25.1 Å². The van der Waals surface area contributed by atoms with Crippen molar-refractivity contribution in [1.29, 1.82) is 0 Å². The van der Waals surface area contributed by atoms with Crippen molar-refractivity contribution in [2.24, 2.45) is 0 Å². The first-order valence-electron chi connectivity index (χ1n) is 8.55. The van der Waals surface area contributed by atoms with E-state index in [1.807, 2.05) is 18.2 Å². The summed E-state index contributed by atoms with van der Waals surface area (Å²) in [6.07, 6.45) is 3.55. The third kappa shape index (κ3) is 4.00. The topological polar surface area (TPSA) is 45.5 Å². The molecule has 5 heteroatoms. The predicted molar refractivity (Wildman–Crippen MR) is 96.4 cm³/mol. The molecule has 1 amide bonds. The molecule has 4 nitrogen and oxygen atoms in total. The Morgan fingerprint density at radius 2 is 1.92 bits per heavy atom. The van der Waals surface area contributed by atoms with E-state index in [4.69, 9.17) is 16.0 Å². The van der Waals surface area contributed by atoms with Gasteiger partial charge in [0.2, 0.25) is 0 Å². The number of likely N-dealkylation sites (tertiary alicyclic amines) is 1. The van der Waals surface area contributed by atoms with Gasteiger partial charge >= 0.3 is 0 Å². The van der Waals surface area contributed by atoms with Gasteiger partial charge in [0.05, 0.1) is 0 Å². The van der Waals surface area contributed by atoms with E-state index in [9.17, 15) is 4.79 Å². The van der Waals surface area contributed by atoms with Crippen LogP contribution in [0.25, 0.3) is 11.3 Å². The number of hydrogen-bond acceptors (Lipinski definition) is 3. The molecule has 128 valence electrons. The highest BCUT2D eigenvalue weighted by molar-refractivity contribution is 6.30. The summed E-state index contributed by atoms with van der Waals surface area (Å²) in [5.41, 5.74) is 0.905. The van der Waals surface area contributed by atoms with Crippen molar-refractivity contribution in [2.75, 3.05) is 19.6 Å². The fourth-order valence-corrected chi connectivity index (χ4v) is 3.29. The van der Waals surface area contributed by atoms with Gasteiger partial charge in [0.15, 0.2) is 5.76 Å². The van der Waals surface area contributed by atoms with Crippen LogP contribution in [0.15, 0.2) is 40.8 Å². The van der Waals surface area contributed by atoms with Gasteiger partial charge in [-0.25, -0.2) is 0 Å². The Morgan fingerprint density at radius 3 is 2.58 bits per heavy atom. The Kier molecular flexibility index (Phi) is 5.59. The third-order valence-electron chi connectivity index (χ3n) is 4.59. The van der Waals surface area contributed by atoms with Gasteiger partial charge in [-0.15, -0.1) is 0 Å². The standard InChI is InChI=1S/C19H23ClN2O2/c1-2-16(22-11-3-4-12-22)13-21-19(23)18-10-9-17(24-18)14-5-7-15(20)8-6-14/h5-10,16H,2-4,11-13H2,1H3,(H,21,23)/t16-/m1/s1. The minimum atomic E-state index is -0.159. The highest BCUT2D eigenvalue weighted by atomic mass is 35.5.